The molecule has 3 rings (SSSR count). The molecule has 1 unspecified atom stereocenters. The van der Waals surface area contributed by atoms with Crippen LogP contribution in [0.15, 0.2) is 52.9 Å². The maximum absolute atomic E-state index is 13.4. The lowest BCUT2D eigenvalue weighted by molar-refractivity contribution is 0.0963. The number of halogens is 1. The molecule has 0 aliphatic heterocycles. The maximum atomic E-state index is 13.4. The summed E-state index contributed by atoms with van der Waals surface area (Å²) in [5.74, 6) is -0.181. The van der Waals surface area contributed by atoms with E-state index in [-0.39, 0.29) is 24.2 Å². The number of ketones is 1. The van der Waals surface area contributed by atoms with Crippen molar-refractivity contribution >= 4 is 16.8 Å². The van der Waals surface area contributed by atoms with Gasteiger partial charge in [0.25, 0.3) is 0 Å². The lowest BCUT2D eigenvalue weighted by Crippen LogP contribution is -2.33. The Labute approximate surface area is 152 Å². The minimum absolute atomic E-state index is 0.135. The maximum Gasteiger partial charge on any atom is 0.212 e. The van der Waals surface area contributed by atoms with Gasteiger partial charge in [-0.25, -0.2) is 4.39 Å². The summed E-state index contributed by atoms with van der Waals surface area (Å²) in [4.78, 5) is 14.7. The van der Waals surface area contributed by atoms with Crippen molar-refractivity contribution in [3.63, 3.8) is 0 Å². The van der Waals surface area contributed by atoms with Gasteiger partial charge in [0, 0.05) is 23.5 Å². The fourth-order valence-electron chi connectivity index (χ4n) is 3.14. The van der Waals surface area contributed by atoms with Crippen molar-refractivity contribution in [2.24, 2.45) is 0 Å². The minimum Gasteiger partial charge on any atom is -0.453 e. The Bertz CT molecular complexity index is 903. The van der Waals surface area contributed by atoms with Gasteiger partial charge in [0.15, 0.2) is 5.76 Å². The number of rotatable bonds is 7. The molecule has 3 aromatic rings. The third kappa shape index (κ3) is 3.84. The number of benzene rings is 2. The number of furan rings is 1. The Morgan fingerprint density at radius 2 is 1.92 bits per heavy atom. The molecule has 0 amide bonds. The van der Waals surface area contributed by atoms with Crippen LogP contribution >= 0.6 is 0 Å². The molecule has 0 aliphatic rings. The normalized spacial score (nSPS) is 12.7. The van der Waals surface area contributed by atoms with Crippen LogP contribution in [0.5, 0.6) is 0 Å². The van der Waals surface area contributed by atoms with Gasteiger partial charge in [-0.2, -0.15) is 0 Å². The SMILES string of the molecule is Cc1c(C(=O)CNCC(c2ccccc2)N(C)C)oc2ccc(F)cc12. The Hall–Kier alpha value is -2.50. The molecule has 0 saturated carbocycles. The van der Waals surface area contributed by atoms with Crippen LogP contribution in [0.2, 0.25) is 0 Å². The number of likely N-dealkylation sites (N-methyl/N-ethyl adjacent to an activating group) is 1. The van der Waals surface area contributed by atoms with E-state index in [0.29, 0.717) is 28.8 Å². The van der Waals surface area contributed by atoms with Gasteiger partial charge < -0.3 is 14.6 Å². The Balaban J connectivity index is 1.68. The van der Waals surface area contributed by atoms with Crippen molar-refractivity contribution in [2.45, 2.75) is 13.0 Å². The highest BCUT2D eigenvalue weighted by Gasteiger charge is 2.19. The van der Waals surface area contributed by atoms with Crippen LogP contribution < -0.4 is 5.32 Å². The van der Waals surface area contributed by atoms with Crippen molar-refractivity contribution in [3.8, 4) is 0 Å². The van der Waals surface area contributed by atoms with Crippen molar-refractivity contribution in [1.29, 1.82) is 0 Å². The summed E-state index contributed by atoms with van der Waals surface area (Å²) in [5.41, 5.74) is 2.40. The van der Waals surface area contributed by atoms with E-state index < -0.39 is 0 Å². The number of fused-ring (bicyclic) bond motifs is 1. The van der Waals surface area contributed by atoms with Crippen molar-refractivity contribution in [3.05, 3.63) is 71.2 Å². The highest BCUT2D eigenvalue weighted by atomic mass is 19.1. The number of carbonyl (C=O) groups excluding carboxylic acids is 1. The standard InChI is InChI=1S/C21H23FN2O2/c1-14-17-11-16(22)9-10-20(17)26-21(14)19(25)13-23-12-18(24(2)3)15-7-5-4-6-8-15/h4-11,18,23H,12-13H2,1-3H3. The van der Waals surface area contributed by atoms with Crippen LogP contribution in [-0.2, 0) is 0 Å². The van der Waals surface area contributed by atoms with E-state index in [4.69, 9.17) is 4.42 Å². The van der Waals surface area contributed by atoms with Crippen LogP contribution in [0, 0.1) is 12.7 Å². The summed E-state index contributed by atoms with van der Waals surface area (Å²) in [5, 5.41) is 3.86. The zero-order chi connectivity index (χ0) is 18.7. The second-order valence-electron chi connectivity index (χ2n) is 6.64. The van der Waals surface area contributed by atoms with E-state index in [1.165, 1.54) is 17.7 Å². The van der Waals surface area contributed by atoms with E-state index in [1.54, 1.807) is 13.0 Å². The van der Waals surface area contributed by atoms with Crippen molar-refractivity contribution in [1.82, 2.24) is 10.2 Å². The average molecular weight is 354 g/mol. The molecule has 26 heavy (non-hydrogen) atoms. The van der Waals surface area contributed by atoms with Gasteiger partial charge in [0.2, 0.25) is 5.78 Å². The summed E-state index contributed by atoms with van der Waals surface area (Å²) >= 11 is 0. The lowest BCUT2D eigenvalue weighted by atomic mass is 10.1. The van der Waals surface area contributed by atoms with Crippen LogP contribution in [0.3, 0.4) is 0 Å². The Kier molecular flexibility index (Phi) is 5.49. The van der Waals surface area contributed by atoms with Crippen LogP contribution in [-0.4, -0.2) is 37.9 Å². The number of hydrogen-bond acceptors (Lipinski definition) is 4. The molecule has 136 valence electrons. The topological polar surface area (TPSA) is 45.5 Å². The minimum atomic E-state index is -0.338. The zero-order valence-corrected chi connectivity index (χ0v) is 15.3. The molecule has 2 aromatic carbocycles. The first-order valence-corrected chi connectivity index (χ1v) is 8.61. The van der Waals surface area contributed by atoms with Gasteiger partial charge in [-0.3, -0.25) is 4.79 Å². The van der Waals surface area contributed by atoms with Gasteiger partial charge >= 0.3 is 0 Å². The largest absolute Gasteiger partial charge is 0.453 e. The fraction of sp³-hybridized carbons (Fsp3) is 0.286. The highest BCUT2D eigenvalue weighted by molar-refractivity contribution is 6.01. The molecule has 5 heteroatoms. The average Bonchev–Trinajstić information content (AvgIpc) is 2.95. The number of Topliss-reactive ketones (excluding diaryl/α,β-unsaturated/α-hetero) is 1. The van der Waals surface area contributed by atoms with E-state index in [9.17, 15) is 9.18 Å². The quantitative estimate of drug-likeness (QED) is 0.653. The number of carbonyl (C=O) groups is 1. The Morgan fingerprint density at radius 3 is 2.62 bits per heavy atom. The molecule has 0 saturated heterocycles. The fourth-order valence-corrected chi connectivity index (χ4v) is 3.14. The van der Waals surface area contributed by atoms with Crippen molar-refractivity contribution < 1.29 is 13.6 Å². The molecule has 0 spiro atoms. The van der Waals surface area contributed by atoms with E-state index in [1.807, 2.05) is 32.3 Å². The molecule has 1 atom stereocenters. The monoisotopic (exact) mass is 354 g/mol. The lowest BCUT2D eigenvalue weighted by Gasteiger charge is -2.25. The number of nitrogens with zero attached hydrogens (tertiary/aromatic N) is 1. The summed E-state index contributed by atoms with van der Waals surface area (Å²) in [6.45, 7) is 2.59. The predicted octanol–water partition coefficient (Wildman–Crippen LogP) is 3.96. The van der Waals surface area contributed by atoms with E-state index >= 15 is 0 Å². The van der Waals surface area contributed by atoms with Gasteiger partial charge in [0.1, 0.15) is 11.4 Å². The summed E-state index contributed by atoms with van der Waals surface area (Å²) in [6.07, 6.45) is 0. The molecule has 1 aromatic heterocycles. The zero-order valence-electron chi connectivity index (χ0n) is 15.3. The molecule has 0 fully saturated rings. The summed E-state index contributed by atoms with van der Waals surface area (Å²) < 4.78 is 19.1. The molecule has 1 heterocycles. The first-order chi connectivity index (χ1) is 12.5. The third-order valence-corrected chi connectivity index (χ3v) is 4.58. The third-order valence-electron chi connectivity index (χ3n) is 4.58. The van der Waals surface area contributed by atoms with Gasteiger partial charge in [-0.1, -0.05) is 30.3 Å². The second-order valence-corrected chi connectivity index (χ2v) is 6.64. The number of hydrogen-bond donors (Lipinski definition) is 1. The Morgan fingerprint density at radius 1 is 1.19 bits per heavy atom. The number of nitrogens with one attached hydrogen (secondary N) is 1. The van der Waals surface area contributed by atoms with E-state index in [2.05, 4.69) is 22.3 Å². The predicted molar refractivity (Wildman–Crippen MR) is 101 cm³/mol. The molecule has 0 bridgehead atoms. The molecule has 0 aliphatic carbocycles. The molecular weight excluding hydrogens is 331 g/mol. The van der Waals surface area contributed by atoms with Gasteiger partial charge in [-0.05, 0) is 44.8 Å². The highest BCUT2D eigenvalue weighted by Crippen LogP contribution is 2.26. The first-order valence-electron chi connectivity index (χ1n) is 8.61. The number of aryl methyl sites for hydroxylation is 1. The first kappa shape index (κ1) is 18.3. The summed E-state index contributed by atoms with van der Waals surface area (Å²) in [7, 11) is 4.03. The molecule has 1 N–H and O–H groups in total. The van der Waals surface area contributed by atoms with Crippen LogP contribution in [0.4, 0.5) is 4.39 Å². The van der Waals surface area contributed by atoms with Gasteiger partial charge in [0.05, 0.1) is 6.54 Å². The molecule has 4 nitrogen and oxygen atoms in total. The summed E-state index contributed by atoms with van der Waals surface area (Å²) in [6, 6.07) is 14.6. The second kappa shape index (κ2) is 7.81. The smallest absolute Gasteiger partial charge is 0.212 e. The van der Waals surface area contributed by atoms with Crippen LogP contribution in [0.1, 0.15) is 27.7 Å². The molecule has 0 radical (unpaired) electrons. The molecular formula is C21H23FN2O2. The van der Waals surface area contributed by atoms with Crippen molar-refractivity contribution in [2.75, 3.05) is 27.2 Å². The van der Waals surface area contributed by atoms with Gasteiger partial charge in [-0.15, -0.1) is 0 Å². The van der Waals surface area contributed by atoms with E-state index in [0.717, 1.165) is 0 Å². The van der Waals surface area contributed by atoms with Crippen LogP contribution in [0.25, 0.3) is 11.0 Å².